The van der Waals surface area contributed by atoms with Crippen molar-refractivity contribution in [2.24, 2.45) is 0 Å². The van der Waals surface area contributed by atoms with E-state index >= 15 is 0 Å². The number of rotatable bonds is 3. The summed E-state index contributed by atoms with van der Waals surface area (Å²) in [7, 11) is 0. The first-order valence-electron chi connectivity index (χ1n) is 6.51. The predicted molar refractivity (Wildman–Crippen MR) is 74.1 cm³/mol. The van der Waals surface area contributed by atoms with E-state index < -0.39 is 0 Å². The van der Waals surface area contributed by atoms with E-state index in [0.717, 1.165) is 26.2 Å². The quantitative estimate of drug-likeness (QED) is 0.857. The third-order valence-corrected chi connectivity index (χ3v) is 3.28. The number of hydrogen-bond acceptors (Lipinski definition) is 2. The third kappa shape index (κ3) is 3.99. The van der Waals surface area contributed by atoms with Crippen LogP contribution in [-0.4, -0.2) is 37.6 Å². The normalized spacial score (nSPS) is 18.4. The number of nitrogens with one attached hydrogen (secondary N) is 1. The van der Waals surface area contributed by atoms with Crippen LogP contribution in [0.5, 0.6) is 0 Å². The molecule has 1 N–H and O–H groups in total. The monoisotopic (exact) mass is 230 g/mol. The standard InChI is InChI=1S/C15H22N2/c1-14-6-2-3-7-15(14)8-4-11-17-12-5-9-16-10-13-17/h2-4,6-8,16H,5,9-13H2,1H3/b8-4+. The minimum Gasteiger partial charge on any atom is -0.315 e. The van der Waals surface area contributed by atoms with Gasteiger partial charge in [-0.25, -0.2) is 0 Å². The van der Waals surface area contributed by atoms with Gasteiger partial charge in [-0.1, -0.05) is 36.4 Å². The highest BCUT2D eigenvalue weighted by atomic mass is 15.1. The van der Waals surface area contributed by atoms with Crippen molar-refractivity contribution < 1.29 is 0 Å². The molecule has 1 aliphatic rings. The highest BCUT2D eigenvalue weighted by Gasteiger charge is 2.05. The molecule has 2 rings (SSSR count). The lowest BCUT2D eigenvalue weighted by Gasteiger charge is -2.16. The lowest BCUT2D eigenvalue weighted by atomic mass is 10.1. The summed E-state index contributed by atoms with van der Waals surface area (Å²) in [6, 6.07) is 8.53. The lowest BCUT2D eigenvalue weighted by Crippen LogP contribution is -2.28. The Labute approximate surface area is 104 Å². The molecule has 0 saturated carbocycles. The zero-order valence-corrected chi connectivity index (χ0v) is 10.7. The second-order valence-corrected chi connectivity index (χ2v) is 4.66. The lowest BCUT2D eigenvalue weighted by molar-refractivity contribution is 0.324. The van der Waals surface area contributed by atoms with Gasteiger partial charge in [-0.2, -0.15) is 0 Å². The van der Waals surface area contributed by atoms with Crippen LogP contribution in [0.3, 0.4) is 0 Å². The molecule has 0 spiro atoms. The molecule has 1 fully saturated rings. The van der Waals surface area contributed by atoms with E-state index in [1.807, 2.05) is 0 Å². The van der Waals surface area contributed by atoms with Crippen LogP contribution in [0.25, 0.3) is 6.08 Å². The van der Waals surface area contributed by atoms with Crippen LogP contribution in [0.4, 0.5) is 0 Å². The zero-order chi connectivity index (χ0) is 11.9. The van der Waals surface area contributed by atoms with Gasteiger partial charge < -0.3 is 5.32 Å². The van der Waals surface area contributed by atoms with E-state index in [1.54, 1.807) is 0 Å². The third-order valence-electron chi connectivity index (χ3n) is 3.28. The summed E-state index contributed by atoms with van der Waals surface area (Å²) in [5.41, 5.74) is 2.68. The Kier molecular flexibility index (Phi) is 4.77. The molecule has 0 aliphatic carbocycles. The first kappa shape index (κ1) is 12.3. The number of benzene rings is 1. The zero-order valence-electron chi connectivity index (χ0n) is 10.7. The Morgan fingerprint density at radius 2 is 2.12 bits per heavy atom. The van der Waals surface area contributed by atoms with E-state index in [9.17, 15) is 0 Å². The van der Waals surface area contributed by atoms with E-state index in [4.69, 9.17) is 0 Å². The molecule has 0 amide bonds. The van der Waals surface area contributed by atoms with Gasteiger partial charge in [0.1, 0.15) is 0 Å². The van der Waals surface area contributed by atoms with E-state index in [0.29, 0.717) is 0 Å². The van der Waals surface area contributed by atoms with Gasteiger partial charge in [-0.05, 0) is 37.6 Å². The second kappa shape index (κ2) is 6.58. The van der Waals surface area contributed by atoms with Crippen molar-refractivity contribution in [1.29, 1.82) is 0 Å². The van der Waals surface area contributed by atoms with Gasteiger partial charge in [0.05, 0.1) is 0 Å². The molecular weight excluding hydrogens is 208 g/mol. The van der Waals surface area contributed by atoms with Crippen molar-refractivity contribution in [2.45, 2.75) is 13.3 Å². The summed E-state index contributed by atoms with van der Waals surface area (Å²) >= 11 is 0. The largest absolute Gasteiger partial charge is 0.315 e. The van der Waals surface area contributed by atoms with Crippen molar-refractivity contribution in [3.05, 3.63) is 41.5 Å². The maximum atomic E-state index is 3.43. The molecule has 2 heteroatoms. The summed E-state index contributed by atoms with van der Waals surface area (Å²) < 4.78 is 0. The van der Waals surface area contributed by atoms with E-state index in [1.165, 1.54) is 24.1 Å². The Morgan fingerprint density at radius 3 is 3.00 bits per heavy atom. The molecule has 0 atom stereocenters. The van der Waals surface area contributed by atoms with E-state index in [2.05, 4.69) is 53.6 Å². The van der Waals surface area contributed by atoms with Crippen LogP contribution >= 0.6 is 0 Å². The molecule has 2 nitrogen and oxygen atoms in total. The van der Waals surface area contributed by atoms with Gasteiger partial charge in [-0.15, -0.1) is 0 Å². The van der Waals surface area contributed by atoms with Gasteiger partial charge in [0.25, 0.3) is 0 Å². The first-order chi connectivity index (χ1) is 8.36. The molecule has 1 aromatic carbocycles. The van der Waals surface area contributed by atoms with Gasteiger partial charge in [0.2, 0.25) is 0 Å². The topological polar surface area (TPSA) is 15.3 Å². The van der Waals surface area contributed by atoms with Gasteiger partial charge in [-0.3, -0.25) is 4.90 Å². The Balaban J connectivity index is 1.86. The molecule has 0 bridgehead atoms. The van der Waals surface area contributed by atoms with Crippen molar-refractivity contribution in [2.75, 3.05) is 32.7 Å². The van der Waals surface area contributed by atoms with Crippen molar-refractivity contribution in [1.82, 2.24) is 10.2 Å². The average Bonchev–Trinajstić information content (AvgIpc) is 2.60. The second-order valence-electron chi connectivity index (χ2n) is 4.66. The predicted octanol–water partition coefficient (Wildman–Crippen LogP) is 2.30. The molecule has 0 unspecified atom stereocenters. The van der Waals surface area contributed by atoms with Crippen LogP contribution in [0.1, 0.15) is 17.5 Å². The summed E-state index contributed by atoms with van der Waals surface area (Å²) in [6.07, 6.45) is 5.79. The molecule has 1 saturated heterocycles. The summed E-state index contributed by atoms with van der Waals surface area (Å²) in [5.74, 6) is 0. The highest BCUT2D eigenvalue weighted by Crippen LogP contribution is 2.08. The van der Waals surface area contributed by atoms with Gasteiger partial charge in [0.15, 0.2) is 0 Å². The smallest absolute Gasteiger partial charge is 0.0167 e. The minimum atomic E-state index is 1.07. The summed E-state index contributed by atoms with van der Waals surface area (Å²) in [6.45, 7) is 7.89. The molecule has 1 heterocycles. The van der Waals surface area contributed by atoms with Crippen molar-refractivity contribution in [3.63, 3.8) is 0 Å². The van der Waals surface area contributed by atoms with Crippen LogP contribution < -0.4 is 5.32 Å². The fourth-order valence-corrected chi connectivity index (χ4v) is 2.19. The molecule has 0 radical (unpaired) electrons. The first-order valence-corrected chi connectivity index (χ1v) is 6.51. The summed E-state index contributed by atoms with van der Waals surface area (Å²) in [4.78, 5) is 2.51. The average molecular weight is 230 g/mol. The van der Waals surface area contributed by atoms with Crippen LogP contribution in [0, 0.1) is 6.92 Å². The number of hydrogen-bond donors (Lipinski definition) is 1. The SMILES string of the molecule is Cc1ccccc1/C=C/CN1CCCNCC1. The van der Waals surface area contributed by atoms with Crippen LogP contribution in [0.15, 0.2) is 30.3 Å². The Hall–Kier alpha value is -1.12. The molecular formula is C15H22N2. The van der Waals surface area contributed by atoms with E-state index in [-0.39, 0.29) is 0 Å². The maximum absolute atomic E-state index is 3.43. The van der Waals surface area contributed by atoms with Crippen LogP contribution in [0.2, 0.25) is 0 Å². The molecule has 0 aromatic heterocycles. The highest BCUT2D eigenvalue weighted by molar-refractivity contribution is 5.53. The molecule has 92 valence electrons. The Morgan fingerprint density at radius 1 is 1.24 bits per heavy atom. The minimum absolute atomic E-state index is 1.07. The number of aryl methyl sites for hydroxylation is 1. The Bertz CT molecular complexity index is 363. The molecule has 17 heavy (non-hydrogen) atoms. The van der Waals surface area contributed by atoms with Gasteiger partial charge >= 0.3 is 0 Å². The van der Waals surface area contributed by atoms with Crippen molar-refractivity contribution in [3.8, 4) is 0 Å². The maximum Gasteiger partial charge on any atom is 0.0167 e. The van der Waals surface area contributed by atoms with Crippen LogP contribution in [-0.2, 0) is 0 Å². The van der Waals surface area contributed by atoms with Gasteiger partial charge in [0, 0.05) is 19.6 Å². The number of nitrogens with zero attached hydrogens (tertiary/aromatic N) is 1. The molecule has 1 aliphatic heterocycles. The van der Waals surface area contributed by atoms with Crippen molar-refractivity contribution >= 4 is 6.08 Å². The fourth-order valence-electron chi connectivity index (χ4n) is 2.19. The fraction of sp³-hybridized carbons (Fsp3) is 0.467. The molecule has 1 aromatic rings. The summed E-state index contributed by atoms with van der Waals surface area (Å²) in [5, 5.41) is 3.43.